The van der Waals surface area contributed by atoms with Gasteiger partial charge >= 0.3 is 35.8 Å². The van der Waals surface area contributed by atoms with E-state index in [0.29, 0.717) is 103 Å². The van der Waals surface area contributed by atoms with Gasteiger partial charge in [-0.1, -0.05) is 0 Å². The monoisotopic (exact) mass is 600 g/mol. The minimum Gasteiger partial charge on any atom is -0.466 e. The summed E-state index contributed by atoms with van der Waals surface area (Å²) in [7, 11) is 0. The molecule has 12 nitrogen and oxygen atoms in total. The van der Waals surface area contributed by atoms with E-state index in [1.807, 2.05) is 0 Å². The zero-order valence-electron chi connectivity index (χ0n) is 24.9. The molecule has 0 amide bonds. The van der Waals surface area contributed by atoms with Gasteiger partial charge in [-0.05, 0) is 64.2 Å². The van der Waals surface area contributed by atoms with Crippen LogP contribution in [0.4, 0.5) is 0 Å². The van der Waals surface area contributed by atoms with E-state index in [1.54, 1.807) is 0 Å². The predicted molar refractivity (Wildman–Crippen MR) is 151 cm³/mol. The highest BCUT2D eigenvalue weighted by atomic mass is 16.6. The van der Waals surface area contributed by atoms with Gasteiger partial charge in [0, 0.05) is 38.5 Å². The summed E-state index contributed by atoms with van der Waals surface area (Å²) in [5.41, 5.74) is 0. The molecule has 0 aliphatic carbocycles. The van der Waals surface area contributed by atoms with E-state index in [1.165, 1.54) is 0 Å². The molecule has 0 aromatic carbocycles. The summed E-state index contributed by atoms with van der Waals surface area (Å²) < 4.78 is 29.3. The Morgan fingerprint density at radius 1 is 0.286 bits per heavy atom. The molecule has 0 spiro atoms. The van der Waals surface area contributed by atoms with Crippen molar-refractivity contribution in [2.45, 2.75) is 103 Å². The van der Waals surface area contributed by atoms with Crippen molar-refractivity contribution < 1.29 is 57.2 Å². The van der Waals surface area contributed by atoms with Gasteiger partial charge in [0.2, 0.25) is 0 Å². The lowest BCUT2D eigenvalue weighted by Crippen LogP contribution is -2.15. The van der Waals surface area contributed by atoms with Gasteiger partial charge in [-0.15, -0.1) is 13.2 Å². The van der Waals surface area contributed by atoms with Gasteiger partial charge in [0.1, 0.15) is 13.2 Å². The normalized spacial score (nSPS) is 20.4. The number of hydrogen-bond donors (Lipinski definition) is 0. The van der Waals surface area contributed by atoms with Crippen LogP contribution in [0.25, 0.3) is 0 Å². The number of carbonyl (C=O) groups excluding carboxylic acids is 6. The largest absolute Gasteiger partial charge is 0.466 e. The number of esters is 6. The van der Waals surface area contributed by atoms with E-state index in [9.17, 15) is 28.8 Å². The molecule has 0 aromatic rings. The molecule has 0 bridgehead atoms. The maximum atomic E-state index is 11.0. The molecule has 0 atom stereocenters. The minimum absolute atomic E-state index is 0.154. The van der Waals surface area contributed by atoms with Crippen molar-refractivity contribution in [3.63, 3.8) is 0 Å². The standard InChI is InChI=1S/2C10H16O4.C8H12O4.C2H4/c2*11-9-5-1-2-6-10(12)14-8-4-3-7-13-9;9-7-3-1-2-4-8(10)12-6-5-11-7;1-2/h2*1-8H2;1-6H2;1-2H2. The molecule has 3 saturated heterocycles. The van der Waals surface area contributed by atoms with Gasteiger partial charge in [0.15, 0.2) is 0 Å². The third kappa shape index (κ3) is 25.5. The van der Waals surface area contributed by atoms with E-state index in [4.69, 9.17) is 28.4 Å². The number of carbonyl (C=O) groups is 6. The van der Waals surface area contributed by atoms with Gasteiger partial charge in [-0.2, -0.15) is 0 Å². The summed E-state index contributed by atoms with van der Waals surface area (Å²) in [6.07, 6.45) is 9.73. The van der Waals surface area contributed by atoms with E-state index in [0.717, 1.165) is 25.7 Å². The Hall–Kier alpha value is -3.44. The molecule has 3 rings (SSSR count). The fourth-order valence-corrected chi connectivity index (χ4v) is 3.51. The van der Waals surface area contributed by atoms with Crippen molar-refractivity contribution in [1.29, 1.82) is 0 Å². The van der Waals surface area contributed by atoms with Crippen LogP contribution in [-0.4, -0.2) is 75.5 Å². The second kappa shape index (κ2) is 27.7. The number of hydrogen-bond acceptors (Lipinski definition) is 12. The van der Waals surface area contributed by atoms with Crippen LogP contribution in [0.1, 0.15) is 103 Å². The number of rotatable bonds is 0. The first-order valence-corrected chi connectivity index (χ1v) is 14.8. The summed E-state index contributed by atoms with van der Waals surface area (Å²) in [6, 6.07) is 0. The molecule has 42 heavy (non-hydrogen) atoms. The number of ether oxygens (including phenoxy) is 6. The zero-order chi connectivity index (χ0) is 31.3. The SMILES string of the molecule is C=C.O=C1CCCCC(=O)OCCCCO1.O=C1CCCCC(=O)OCCCCO1.O=C1CCCCC(=O)OCCO1. The summed E-state index contributed by atoms with van der Waals surface area (Å²) in [5, 5.41) is 0. The summed E-state index contributed by atoms with van der Waals surface area (Å²) >= 11 is 0. The molecule has 0 aromatic heterocycles. The highest BCUT2D eigenvalue weighted by Crippen LogP contribution is 2.07. The Morgan fingerprint density at radius 3 is 0.643 bits per heavy atom. The maximum Gasteiger partial charge on any atom is 0.305 e. The molecule has 3 heterocycles. The van der Waals surface area contributed by atoms with Crippen LogP contribution in [-0.2, 0) is 57.2 Å². The van der Waals surface area contributed by atoms with Crippen LogP contribution in [0.5, 0.6) is 0 Å². The van der Waals surface area contributed by atoms with Gasteiger partial charge in [0.25, 0.3) is 0 Å². The van der Waals surface area contributed by atoms with Crippen LogP contribution < -0.4 is 0 Å². The Kier molecular flexibility index (Phi) is 25.4. The molecule has 0 saturated carbocycles. The first-order valence-electron chi connectivity index (χ1n) is 14.8. The molecular formula is C30H48O12. The van der Waals surface area contributed by atoms with Gasteiger partial charge in [-0.3, -0.25) is 28.8 Å². The fourth-order valence-electron chi connectivity index (χ4n) is 3.51. The predicted octanol–water partition coefficient (Wildman–Crippen LogP) is 4.30. The van der Waals surface area contributed by atoms with E-state index in [2.05, 4.69) is 13.2 Å². The molecule has 3 aliphatic rings. The van der Waals surface area contributed by atoms with Gasteiger partial charge in [0.05, 0.1) is 26.4 Å². The molecule has 3 aliphatic heterocycles. The van der Waals surface area contributed by atoms with Crippen molar-refractivity contribution in [2.24, 2.45) is 0 Å². The van der Waals surface area contributed by atoms with Crippen LogP contribution in [0.15, 0.2) is 13.2 Å². The Morgan fingerprint density at radius 2 is 0.452 bits per heavy atom. The molecule has 12 heteroatoms. The molecule has 0 N–H and O–H groups in total. The average molecular weight is 601 g/mol. The van der Waals surface area contributed by atoms with Gasteiger partial charge in [-0.25, -0.2) is 0 Å². The third-order valence-electron chi connectivity index (χ3n) is 5.77. The Bertz CT molecular complexity index is 671. The summed E-state index contributed by atoms with van der Waals surface area (Å²) in [4.78, 5) is 65.8. The molecule has 240 valence electrons. The van der Waals surface area contributed by atoms with Crippen LogP contribution >= 0.6 is 0 Å². The molecular weight excluding hydrogens is 552 g/mol. The lowest BCUT2D eigenvalue weighted by molar-refractivity contribution is -0.153. The highest BCUT2D eigenvalue weighted by molar-refractivity contribution is 5.72. The second-order valence-corrected chi connectivity index (χ2v) is 9.36. The van der Waals surface area contributed by atoms with Crippen molar-refractivity contribution in [2.75, 3.05) is 39.6 Å². The first kappa shape index (κ1) is 38.6. The fraction of sp³-hybridized carbons (Fsp3) is 0.733. The summed E-state index contributed by atoms with van der Waals surface area (Å²) in [6.45, 7) is 8.13. The van der Waals surface area contributed by atoms with Crippen LogP contribution in [0.3, 0.4) is 0 Å². The smallest absolute Gasteiger partial charge is 0.305 e. The average Bonchev–Trinajstić information content (AvgIpc) is 2.98. The van der Waals surface area contributed by atoms with E-state index < -0.39 is 0 Å². The van der Waals surface area contributed by atoms with E-state index in [-0.39, 0.29) is 49.0 Å². The highest BCUT2D eigenvalue weighted by Gasteiger charge is 2.10. The van der Waals surface area contributed by atoms with Crippen molar-refractivity contribution in [3.05, 3.63) is 13.2 Å². The quantitative estimate of drug-likeness (QED) is 0.221. The zero-order valence-corrected chi connectivity index (χ0v) is 24.9. The number of cyclic esters (lactones) is 6. The van der Waals surface area contributed by atoms with E-state index >= 15 is 0 Å². The third-order valence-corrected chi connectivity index (χ3v) is 5.77. The molecule has 0 radical (unpaired) electrons. The van der Waals surface area contributed by atoms with Crippen molar-refractivity contribution in [1.82, 2.24) is 0 Å². The lowest BCUT2D eigenvalue weighted by atomic mass is 10.2. The Labute approximate surface area is 248 Å². The topological polar surface area (TPSA) is 158 Å². The van der Waals surface area contributed by atoms with Gasteiger partial charge < -0.3 is 28.4 Å². The minimum atomic E-state index is -0.201. The second-order valence-electron chi connectivity index (χ2n) is 9.36. The molecule has 3 fully saturated rings. The van der Waals surface area contributed by atoms with Crippen molar-refractivity contribution >= 4 is 35.8 Å². The van der Waals surface area contributed by atoms with Crippen molar-refractivity contribution in [3.8, 4) is 0 Å². The molecule has 0 unspecified atom stereocenters. The maximum absolute atomic E-state index is 11.0. The lowest BCUT2D eigenvalue weighted by Gasteiger charge is -2.08. The summed E-state index contributed by atoms with van der Waals surface area (Å²) in [5.74, 6) is -1.02. The van der Waals surface area contributed by atoms with Crippen LogP contribution in [0, 0.1) is 0 Å². The first-order chi connectivity index (χ1) is 20.4. The van der Waals surface area contributed by atoms with Crippen LogP contribution in [0.2, 0.25) is 0 Å². The Balaban J connectivity index is 0.000000584.